The van der Waals surface area contributed by atoms with Gasteiger partial charge in [0.1, 0.15) is 0 Å². The van der Waals surface area contributed by atoms with Gasteiger partial charge in [-0.1, -0.05) is 24.3 Å². The molecule has 0 amide bonds. The van der Waals surface area contributed by atoms with Gasteiger partial charge in [0.05, 0.1) is 0 Å². The van der Waals surface area contributed by atoms with E-state index in [1.54, 1.807) is 0 Å². The fourth-order valence-electron chi connectivity index (χ4n) is 1.53. The van der Waals surface area contributed by atoms with Crippen LogP contribution in [0.1, 0.15) is 11.3 Å². The molecule has 0 unspecified atom stereocenters. The Morgan fingerprint density at radius 2 is 1.82 bits per heavy atom. The van der Waals surface area contributed by atoms with Crippen molar-refractivity contribution in [1.29, 1.82) is 0 Å². The van der Waals surface area contributed by atoms with Crippen molar-refractivity contribution in [3.8, 4) is 0 Å². The highest BCUT2D eigenvalue weighted by Crippen LogP contribution is 2.22. The van der Waals surface area contributed by atoms with Gasteiger partial charge in [0.15, 0.2) is 0 Å². The van der Waals surface area contributed by atoms with Gasteiger partial charge >= 0.3 is 0 Å². The molecule has 1 aromatic carbocycles. The molecule has 3 heteroatoms. The molecule has 0 aliphatic rings. The average Bonchev–Trinajstić information content (AvgIpc) is 2.33. The molecule has 0 bridgehead atoms. The predicted molar refractivity (Wildman–Crippen MR) is 77.1 cm³/mol. The lowest BCUT2D eigenvalue weighted by molar-refractivity contribution is 1.04. The molecule has 0 atom stereocenters. The average molecular weight is 266 g/mol. The van der Waals surface area contributed by atoms with E-state index in [4.69, 9.17) is 0 Å². The van der Waals surface area contributed by atoms with E-state index >= 15 is 0 Å². The van der Waals surface area contributed by atoms with Crippen LogP contribution in [0.5, 0.6) is 0 Å². The Kier molecular flexibility index (Phi) is 6.09. The van der Waals surface area contributed by atoms with Gasteiger partial charge in [-0.05, 0) is 37.1 Å². The zero-order valence-electron chi connectivity index (χ0n) is 9.80. The van der Waals surface area contributed by atoms with Crippen LogP contribution in [0.4, 0.5) is 0 Å². The van der Waals surface area contributed by atoms with Crippen LogP contribution >= 0.6 is 24.2 Å². The standard InChI is InChI=1S/C14H15NS.ClH/c1-12-6-2-3-8-14(12)16-11-9-13-7-4-5-10-15-13;/h2-8,10H,9,11H2,1H3;1H. The minimum Gasteiger partial charge on any atom is -0.261 e. The molecule has 0 saturated heterocycles. The predicted octanol–water partition coefficient (Wildman–Crippen LogP) is 4.15. The largest absolute Gasteiger partial charge is 0.261 e. The number of rotatable bonds is 4. The highest BCUT2D eigenvalue weighted by Gasteiger charge is 1.98. The molecular weight excluding hydrogens is 250 g/mol. The van der Waals surface area contributed by atoms with Crippen molar-refractivity contribution in [2.75, 3.05) is 5.75 Å². The molecule has 2 aromatic rings. The van der Waals surface area contributed by atoms with Crippen molar-refractivity contribution >= 4 is 24.2 Å². The van der Waals surface area contributed by atoms with Crippen molar-refractivity contribution in [3.05, 3.63) is 59.9 Å². The van der Waals surface area contributed by atoms with E-state index in [2.05, 4.69) is 42.2 Å². The lowest BCUT2D eigenvalue weighted by atomic mass is 10.2. The number of nitrogens with zero attached hydrogens (tertiary/aromatic N) is 1. The lowest BCUT2D eigenvalue weighted by Gasteiger charge is -2.04. The first kappa shape index (κ1) is 14.1. The molecule has 0 aliphatic heterocycles. The monoisotopic (exact) mass is 265 g/mol. The zero-order valence-corrected chi connectivity index (χ0v) is 11.4. The van der Waals surface area contributed by atoms with Crippen LogP contribution in [0.15, 0.2) is 53.6 Å². The number of hydrogen-bond donors (Lipinski definition) is 0. The maximum atomic E-state index is 4.32. The first-order chi connectivity index (χ1) is 7.86. The quantitative estimate of drug-likeness (QED) is 0.771. The van der Waals surface area contributed by atoms with Crippen LogP contribution < -0.4 is 0 Å². The molecule has 0 radical (unpaired) electrons. The Bertz CT molecular complexity index is 445. The van der Waals surface area contributed by atoms with Gasteiger partial charge < -0.3 is 0 Å². The number of halogens is 1. The van der Waals surface area contributed by atoms with E-state index in [9.17, 15) is 0 Å². The number of pyridine rings is 1. The van der Waals surface area contributed by atoms with Crippen molar-refractivity contribution < 1.29 is 0 Å². The van der Waals surface area contributed by atoms with Gasteiger partial charge in [0.2, 0.25) is 0 Å². The molecule has 1 heterocycles. The van der Waals surface area contributed by atoms with Gasteiger partial charge in [-0.15, -0.1) is 24.2 Å². The lowest BCUT2D eigenvalue weighted by Crippen LogP contribution is -1.91. The maximum Gasteiger partial charge on any atom is 0.0411 e. The molecule has 0 spiro atoms. The Labute approximate surface area is 113 Å². The molecule has 17 heavy (non-hydrogen) atoms. The molecule has 1 aromatic heterocycles. The summed E-state index contributed by atoms with van der Waals surface area (Å²) in [5.41, 5.74) is 2.53. The van der Waals surface area contributed by atoms with Crippen LogP contribution in [-0.2, 0) is 6.42 Å². The van der Waals surface area contributed by atoms with Crippen LogP contribution in [0.25, 0.3) is 0 Å². The Balaban J connectivity index is 0.00000144. The number of thioether (sulfide) groups is 1. The summed E-state index contributed by atoms with van der Waals surface area (Å²) in [6.07, 6.45) is 2.88. The molecular formula is C14H16ClNS. The van der Waals surface area contributed by atoms with Crippen molar-refractivity contribution in [2.24, 2.45) is 0 Å². The minimum atomic E-state index is 0. The van der Waals surface area contributed by atoms with Gasteiger partial charge in [-0.25, -0.2) is 0 Å². The Morgan fingerprint density at radius 3 is 2.53 bits per heavy atom. The highest BCUT2D eigenvalue weighted by molar-refractivity contribution is 7.99. The van der Waals surface area contributed by atoms with Gasteiger partial charge in [0, 0.05) is 22.5 Å². The third kappa shape index (κ3) is 4.41. The Hall–Kier alpha value is -0.990. The molecule has 0 fully saturated rings. The molecule has 0 saturated carbocycles. The SMILES string of the molecule is Cc1ccccc1SCCc1ccccn1.Cl. The van der Waals surface area contributed by atoms with E-state index in [0.717, 1.165) is 12.2 Å². The van der Waals surface area contributed by atoms with Crippen molar-refractivity contribution in [1.82, 2.24) is 4.98 Å². The second-order valence-corrected chi connectivity index (χ2v) is 4.82. The van der Waals surface area contributed by atoms with Crippen molar-refractivity contribution in [3.63, 3.8) is 0 Å². The normalized spacial score (nSPS) is 9.71. The van der Waals surface area contributed by atoms with Crippen molar-refractivity contribution in [2.45, 2.75) is 18.2 Å². The third-order valence-corrected chi connectivity index (χ3v) is 3.61. The first-order valence-electron chi connectivity index (χ1n) is 5.44. The highest BCUT2D eigenvalue weighted by atomic mass is 35.5. The van der Waals surface area contributed by atoms with Gasteiger partial charge in [-0.2, -0.15) is 0 Å². The summed E-state index contributed by atoms with van der Waals surface area (Å²) in [6.45, 7) is 2.16. The number of hydrogen-bond acceptors (Lipinski definition) is 2. The molecule has 0 N–H and O–H groups in total. The summed E-state index contributed by atoms with van der Waals surface area (Å²) in [6, 6.07) is 14.6. The topological polar surface area (TPSA) is 12.9 Å². The smallest absolute Gasteiger partial charge is 0.0411 e. The van der Waals surface area contributed by atoms with Crippen LogP contribution in [-0.4, -0.2) is 10.7 Å². The fourth-order valence-corrected chi connectivity index (χ4v) is 2.53. The second-order valence-electron chi connectivity index (χ2n) is 3.69. The summed E-state index contributed by atoms with van der Waals surface area (Å²) in [4.78, 5) is 5.69. The molecule has 0 aliphatic carbocycles. The number of benzene rings is 1. The number of aromatic nitrogens is 1. The minimum absolute atomic E-state index is 0. The zero-order chi connectivity index (χ0) is 11.2. The third-order valence-electron chi connectivity index (χ3n) is 2.44. The summed E-state index contributed by atoms with van der Waals surface area (Å²) in [7, 11) is 0. The van der Waals surface area contributed by atoms with Gasteiger partial charge in [-0.3, -0.25) is 4.98 Å². The molecule has 1 nitrogen and oxygen atoms in total. The van der Waals surface area contributed by atoms with Crippen LogP contribution in [0.3, 0.4) is 0 Å². The molecule has 2 rings (SSSR count). The van der Waals surface area contributed by atoms with Crippen LogP contribution in [0.2, 0.25) is 0 Å². The Morgan fingerprint density at radius 1 is 1.06 bits per heavy atom. The number of aryl methyl sites for hydroxylation is 2. The fraction of sp³-hybridized carbons (Fsp3) is 0.214. The van der Waals surface area contributed by atoms with E-state index < -0.39 is 0 Å². The summed E-state index contributed by atoms with van der Waals surface area (Å²) < 4.78 is 0. The van der Waals surface area contributed by atoms with E-state index in [0.29, 0.717) is 0 Å². The second kappa shape index (κ2) is 7.36. The summed E-state index contributed by atoms with van der Waals surface area (Å²) in [5, 5.41) is 0. The van der Waals surface area contributed by atoms with E-state index in [1.807, 2.05) is 30.1 Å². The maximum absolute atomic E-state index is 4.32. The van der Waals surface area contributed by atoms with Crippen LogP contribution in [0, 0.1) is 6.92 Å². The first-order valence-corrected chi connectivity index (χ1v) is 6.43. The van der Waals surface area contributed by atoms with E-state index in [1.165, 1.54) is 16.2 Å². The summed E-state index contributed by atoms with van der Waals surface area (Å²) in [5.74, 6) is 1.09. The molecule has 90 valence electrons. The summed E-state index contributed by atoms with van der Waals surface area (Å²) >= 11 is 1.90. The van der Waals surface area contributed by atoms with Gasteiger partial charge in [0.25, 0.3) is 0 Å². The van der Waals surface area contributed by atoms with E-state index in [-0.39, 0.29) is 12.4 Å².